The van der Waals surface area contributed by atoms with Crippen LogP contribution in [0.25, 0.3) is 20.8 Å². The van der Waals surface area contributed by atoms with Gasteiger partial charge in [-0.25, -0.2) is 4.98 Å². The highest BCUT2D eigenvalue weighted by Crippen LogP contribution is 2.37. The van der Waals surface area contributed by atoms with Crippen molar-refractivity contribution in [3.05, 3.63) is 42.5 Å². The Morgan fingerprint density at radius 1 is 0.861 bits per heavy atom. The summed E-state index contributed by atoms with van der Waals surface area (Å²) < 4.78 is 1.08. The van der Waals surface area contributed by atoms with Crippen molar-refractivity contribution < 1.29 is 5.11 Å². The molecule has 6 rings (SSSR count). The lowest BCUT2D eigenvalue weighted by Gasteiger charge is -2.33. The first-order valence-corrected chi connectivity index (χ1v) is 13.1. The summed E-state index contributed by atoms with van der Waals surface area (Å²) in [6, 6.07) is 13.4. The molecule has 2 fully saturated rings. The molecule has 2 aliphatic rings. The zero-order chi connectivity index (χ0) is 24.5. The maximum absolute atomic E-state index is 10.6. The molecule has 0 atom stereocenters. The summed E-state index contributed by atoms with van der Waals surface area (Å²) >= 11 is 1.56. The summed E-state index contributed by atoms with van der Waals surface area (Å²) in [6.07, 6.45) is 0. The number of likely N-dealkylation sites (N-methyl/N-ethyl adjacent to an activating group) is 1. The van der Waals surface area contributed by atoms with Gasteiger partial charge in [0.15, 0.2) is 0 Å². The smallest absolute Gasteiger partial charge is 0.233 e. The third-order valence-corrected chi connectivity index (χ3v) is 7.64. The van der Waals surface area contributed by atoms with Crippen LogP contribution in [0.3, 0.4) is 0 Å². The molecular formula is C25H29N9OS. The van der Waals surface area contributed by atoms with E-state index in [0.29, 0.717) is 23.4 Å². The molecule has 0 spiro atoms. The summed E-state index contributed by atoms with van der Waals surface area (Å²) in [6.45, 7) is 7.22. The van der Waals surface area contributed by atoms with E-state index in [1.807, 2.05) is 36.4 Å². The first-order chi connectivity index (χ1) is 17.6. The van der Waals surface area contributed by atoms with Gasteiger partial charge >= 0.3 is 0 Å². The predicted octanol–water partition coefficient (Wildman–Crippen LogP) is 2.76. The second kappa shape index (κ2) is 9.84. The van der Waals surface area contributed by atoms with Gasteiger partial charge < -0.3 is 30.4 Å². The van der Waals surface area contributed by atoms with E-state index in [1.54, 1.807) is 17.4 Å². The zero-order valence-electron chi connectivity index (χ0n) is 20.2. The Hall–Kier alpha value is -3.54. The minimum Gasteiger partial charge on any atom is -0.507 e. The number of phenolic OH excluding ortho intramolecular Hbond substituents is 1. The maximum atomic E-state index is 10.6. The molecule has 4 heterocycles. The lowest BCUT2D eigenvalue weighted by Crippen LogP contribution is -2.46. The molecule has 0 unspecified atom stereocenters. The topological polar surface area (TPSA) is 106 Å². The van der Waals surface area contributed by atoms with Gasteiger partial charge in [0.25, 0.3) is 0 Å². The first-order valence-electron chi connectivity index (χ1n) is 12.2. The monoisotopic (exact) mass is 503 g/mol. The molecule has 0 bridgehead atoms. The molecule has 2 aromatic carbocycles. The van der Waals surface area contributed by atoms with Crippen molar-refractivity contribution in [3.63, 3.8) is 0 Å². The van der Waals surface area contributed by atoms with Crippen molar-refractivity contribution in [2.24, 2.45) is 0 Å². The van der Waals surface area contributed by atoms with Gasteiger partial charge in [0.05, 0.1) is 15.8 Å². The van der Waals surface area contributed by atoms with Crippen LogP contribution in [0.1, 0.15) is 0 Å². The van der Waals surface area contributed by atoms with E-state index >= 15 is 0 Å². The lowest BCUT2D eigenvalue weighted by molar-refractivity contribution is 0.311. The van der Waals surface area contributed by atoms with Gasteiger partial charge in [-0.15, -0.1) is 11.3 Å². The van der Waals surface area contributed by atoms with Crippen molar-refractivity contribution >= 4 is 45.1 Å². The number of aromatic nitrogens is 4. The number of para-hydroxylation sites is 1. The molecule has 0 radical (unpaired) electrons. The average Bonchev–Trinajstić information content (AvgIpc) is 3.35. The molecule has 2 aliphatic heterocycles. The molecule has 3 N–H and O–H groups in total. The molecule has 4 aromatic rings. The van der Waals surface area contributed by atoms with Crippen molar-refractivity contribution in [1.29, 1.82) is 0 Å². The number of phenols is 1. The molecule has 2 saturated heterocycles. The first kappa shape index (κ1) is 22.9. The molecule has 0 amide bonds. The standard InChI is InChI=1S/C25H29N9OS/c1-32-12-14-34(15-13-32)25-30-23(29-24(31-25)33-10-8-26-9-11-33)27-17-6-7-20(35)18(16-17)22-28-19-4-2-3-5-21(19)36-22/h2-7,16,26,35H,8-15H2,1H3,(H,27,29,30,31). The molecule has 2 aromatic heterocycles. The van der Waals surface area contributed by atoms with Crippen molar-refractivity contribution in [2.45, 2.75) is 0 Å². The molecule has 36 heavy (non-hydrogen) atoms. The van der Waals surface area contributed by atoms with Crippen LogP contribution >= 0.6 is 11.3 Å². The van der Waals surface area contributed by atoms with Crippen molar-refractivity contribution in [1.82, 2.24) is 30.2 Å². The highest BCUT2D eigenvalue weighted by atomic mass is 32.1. The van der Waals surface area contributed by atoms with Gasteiger partial charge in [0.1, 0.15) is 10.8 Å². The summed E-state index contributed by atoms with van der Waals surface area (Å²) in [7, 11) is 2.14. The van der Waals surface area contributed by atoms with Gasteiger partial charge in [-0.05, 0) is 37.4 Å². The largest absolute Gasteiger partial charge is 0.507 e. The molecule has 0 aliphatic carbocycles. The Bertz CT molecular complexity index is 1330. The average molecular weight is 504 g/mol. The fourth-order valence-electron chi connectivity index (χ4n) is 4.47. The van der Waals surface area contributed by atoms with Crippen molar-refractivity contribution in [3.8, 4) is 16.3 Å². The third kappa shape index (κ3) is 4.77. The van der Waals surface area contributed by atoms with E-state index in [1.165, 1.54) is 0 Å². The van der Waals surface area contributed by atoms with Crippen LogP contribution < -0.4 is 20.4 Å². The number of fused-ring (bicyclic) bond motifs is 1. The summed E-state index contributed by atoms with van der Waals surface area (Å²) in [5, 5.41) is 18.1. The third-order valence-electron chi connectivity index (χ3n) is 6.57. The molecule has 10 nitrogen and oxygen atoms in total. The van der Waals surface area contributed by atoms with E-state index in [4.69, 9.17) is 19.9 Å². The highest BCUT2D eigenvalue weighted by Gasteiger charge is 2.22. The Morgan fingerprint density at radius 2 is 1.58 bits per heavy atom. The van der Waals surface area contributed by atoms with Crippen LogP contribution in [0, 0.1) is 0 Å². The summed E-state index contributed by atoms with van der Waals surface area (Å²) in [5.41, 5.74) is 2.38. The Labute approximate surface area is 213 Å². The normalized spacial score (nSPS) is 17.0. The SMILES string of the molecule is CN1CCN(c2nc(Nc3ccc(O)c(-c4nc5ccccc5s4)c3)nc(N3CCNCC3)n2)CC1. The van der Waals surface area contributed by atoms with Crippen LogP contribution in [0.15, 0.2) is 42.5 Å². The van der Waals surface area contributed by atoms with Crippen molar-refractivity contribution in [2.75, 3.05) is 74.5 Å². The number of thiazole rings is 1. The quantitative estimate of drug-likeness (QED) is 0.352. The zero-order valence-corrected chi connectivity index (χ0v) is 21.0. The lowest BCUT2D eigenvalue weighted by atomic mass is 10.2. The number of anilines is 4. The molecule has 11 heteroatoms. The minimum atomic E-state index is 0.190. The second-order valence-corrected chi connectivity index (χ2v) is 10.2. The van der Waals surface area contributed by atoms with E-state index in [-0.39, 0.29) is 5.75 Å². The number of nitrogens with zero attached hydrogens (tertiary/aromatic N) is 7. The maximum Gasteiger partial charge on any atom is 0.233 e. The van der Waals surface area contributed by atoms with Gasteiger partial charge in [-0.3, -0.25) is 0 Å². The number of nitrogens with one attached hydrogen (secondary N) is 2. The second-order valence-electron chi connectivity index (χ2n) is 9.13. The van der Waals surface area contributed by atoms with Crippen LogP contribution in [0.5, 0.6) is 5.75 Å². The van der Waals surface area contributed by atoms with Gasteiger partial charge in [0, 0.05) is 58.0 Å². The Morgan fingerprint density at radius 3 is 2.33 bits per heavy atom. The summed E-state index contributed by atoms with van der Waals surface area (Å²) in [4.78, 5) is 25.9. The molecular weight excluding hydrogens is 474 g/mol. The van der Waals surface area contributed by atoms with E-state index in [2.05, 4.69) is 32.4 Å². The number of piperazine rings is 2. The fourth-order valence-corrected chi connectivity index (χ4v) is 5.46. The van der Waals surface area contributed by atoms with Gasteiger partial charge in [0.2, 0.25) is 17.8 Å². The van der Waals surface area contributed by atoms with E-state index < -0.39 is 0 Å². The summed E-state index contributed by atoms with van der Waals surface area (Å²) in [5.74, 6) is 2.07. The fraction of sp³-hybridized carbons (Fsp3) is 0.360. The number of rotatable bonds is 5. The van der Waals surface area contributed by atoms with Crippen LogP contribution in [-0.4, -0.2) is 89.3 Å². The number of aromatic hydroxyl groups is 1. The Kier molecular flexibility index (Phi) is 6.26. The number of hydrogen-bond donors (Lipinski definition) is 3. The Balaban J connectivity index is 1.33. The van der Waals surface area contributed by atoms with Gasteiger partial charge in [-0.2, -0.15) is 15.0 Å². The number of hydrogen-bond acceptors (Lipinski definition) is 11. The molecule has 186 valence electrons. The molecule has 0 saturated carbocycles. The van der Waals surface area contributed by atoms with E-state index in [9.17, 15) is 5.11 Å². The minimum absolute atomic E-state index is 0.190. The number of benzene rings is 2. The van der Waals surface area contributed by atoms with Crippen LogP contribution in [-0.2, 0) is 0 Å². The van der Waals surface area contributed by atoms with E-state index in [0.717, 1.165) is 73.3 Å². The van der Waals surface area contributed by atoms with Gasteiger partial charge in [-0.1, -0.05) is 12.1 Å². The predicted molar refractivity (Wildman–Crippen MR) is 145 cm³/mol. The van der Waals surface area contributed by atoms with Crippen LogP contribution in [0.4, 0.5) is 23.5 Å². The highest BCUT2D eigenvalue weighted by molar-refractivity contribution is 7.21. The van der Waals surface area contributed by atoms with Crippen LogP contribution in [0.2, 0.25) is 0 Å².